The second kappa shape index (κ2) is 8.08. The minimum Gasteiger partial charge on any atom is -0.351 e. The second-order valence-corrected chi connectivity index (χ2v) is 8.01. The third kappa shape index (κ3) is 4.54. The molecule has 0 aromatic rings. The number of amides is 1. The predicted molar refractivity (Wildman–Crippen MR) is 87.0 cm³/mol. The first kappa shape index (κ1) is 17.4. The maximum absolute atomic E-state index is 12.4. The van der Waals surface area contributed by atoms with Crippen LogP contribution in [0.25, 0.3) is 0 Å². The van der Waals surface area contributed by atoms with E-state index in [1.54, 1.807) is 0 Å². The largest absolute Gasteiger partial charge is 0.351 e. The number of carbonyl (C=O) groups is 1. The Morgan fingerprint density at radius 3 is 3.00 bits per heavy atom. The Bertz CT molecular complexity index is 516. The van der Waals surface area contributed by atoms with Crippen LogP contribution in [0.15, 0.2) is 11.6 Å². The monoisotopic (exact) mass is 329 g/mol. The van der Waals surface area contributed by atoms with E-state index in [4.69, 9.17) is 0 Å². The van der Waals surface area contributed by atoms with Crippen molar-refractivity contribution in [2.24, 2.45) is 0 Å². The lowest BCUT2D eigenvalue weighted by atomic mass is 10.1. The van der Waals surface area contributed by atoms with Gasteiger partial charge in [-0.15, -0.1) is 0 Å². The summed E-state index contributed by atoms with van der Waals surface area (Å²) in [4.78, 5) is 12.4. The van der Waals surface area contributed by atoms with E-state index < -0.39 is 16.1 Å². The zero-order chi connectivity index (χ0) is 16.0. The third-order valence-electron chi connectivity index (χ3n) is 4.27. The number of rotatable bonds is 7. The molecule has 2 N–H and O–H groups in total. The Labute approximate surface area is 133 Å². The maximum Gasteiger partial charge on any atom is 0.238 e. The van der Waals surface area contributed by atoms with Crippen LogP contribution in [-0.4, -0.2) is 56.6 Å². The molecule has 0 saturated carbocycles. The third-order valence-corrected chi connectivity index (χ3v) is 6.22. The van der Waals surface area contributed by atoms with Crippen molar-refractivity contribution in [2.45, 2.75) is 45.1 Å². The van der Waals surface area contributed by atoms with Crippen LogP contribution in [0.3, 0.4) is 0 Å². The van der Waals surface area contributed by atoms with Gasteiger partial charge in [0, 0.05) is 19.6 Å². The molecule has 0 spiro atoms. The van der Waals surface area contributed by atoms with Gasteiger partial charge in [-0.1, -0.05) is 25.0 Å². The van der Waals surface area contributed by atoms with E-state index in [0.29, 0.717) is 25.9 Å². The Morgan fingerprint density at radius 2 is 2.32 bits per heavy atom. The molecule has 6 nitrogen and oxygen atoms in total. The smallest absolute Gasteiger partial charge is 0.238 e. The van der Waals surface area contributed by atoms with E-state index in [1.807, 2.05) is 6.92 Å². The molecule has 0 aromatic heterocycles. The topological polar surface area (TPSA) is 78.5 Å². The molecule has 126 valence electrons. The summed E-state index contributed by atoms with van der Waals surface area (Å²) in [6.07, 6.45) is 5.89. The zero-order valence-electron chi connectivity index (χ0n) is 13.3. The normalized spacial score (nSPS) is 23.3. The Kier molecular flexibility index (Phi) is 6.40. The molecule has 2 rings (SSSR count). The van der Waals surface area contributed by atoms with Crippen molar-refractivity contribution in [1.82, 2.24) is 14.9 Å². The van der Waals surface area contributed by atoms with Crippen LogP contribution in [-0.2, 0) is 14.8 Å². The fourth-order valence-corrected chi connectivity index (χ4v) is 4.81. The van der Waals surface area contributed by atoms with Crippen molar-refractivity contribution in [3.8, 4) is 0 Å². The Morgan fingerprint density at radius 1 is 1.50 bits per heavy atom. The molecule has 22 heavy (non-hydrogen) atoms. The maximum atomic E-state index is 12.4. The molecule has 1 fully saturated rings. The van der Waals surface area contributed by atoms with E-state index in [1.165, 1.54) is 9.88 Å². The Hall–Kier alpha value is -0.920. The van der Waals surface area contributed by atoms with Gasteiger partial charge in [-0.2, -0.15) is 4.31 Å². The number of unbranched alkanes of at least 4 members (excludes halogenated alkanes) is 1. The summed E-state index contributed by atoms with van der Waals surface area (Å²) in [5.41, 5.74) is 1.21. The van der Waals surface area contributed by atoms with Gasteiger partial charge in [0.1, 0.15) is 6.04 Å². The van der Waals surface area contributed by atoms with Crippen molar-refractivity contribution >= 4 is 15.9 Å². The lowest BCUT2D eigenvalue weighted by Gasteiger charge is -2.24. The number of nitrogens with one attached hydrogen (secondary N) is 2. The lowest BCUT2D eigenvalue weighted by molar-refractivity contribution is -0.124. The predicted octanol–water partition coefficient (Wildman–Crippen LogP) is 0.617. The summed E-state index contributed by atoms with van der Waals surface area (Å²) >= 11 is 0. The number of sulfonamides is 1. The molecule has 1 unspecified atom stereocenters. The lowest BCUT2D eigenvalue weighted by Crippen LogP contribution is -2.47. The summed E-state index contributed by atoms with van der Waals surface area (Å²) in [5, 5.41) is 6.14. The van der Waals surface area contributed by atoms with Gasteiger partial charge in [0.05, 0.1) is 5.75 Å². The van der Waals surface area contributed by atoms with Crippen molar-refractivity contribution in [3.63, 3.8) is 0 Å². The molecule has 7 heteroatoms. The minimum absolute atomic E-state index is 0.143. The molecule has 2 aliphatic heterocycles. The van der Waals surface area contributed by atoms with E-state index in [0.717, 1.165) is 32.4 Å². The van der Waals surface area contributed by atoms with Gasteiger partial charge in [-0.25, -0.2) is 8.42 Å². The molecule has 1 atom stereocenters. The first-order chi connectivity index (χ1) is 10.5. The van der Waals surface area contributed by atoms with Crippen molar-refractivity contribution in [2.75, 3.05) is 31.9 Å². The molecule has 1 saturated heterocycles. The first-order valence-electron chi connectivity index (χ1n) is 8.20. The van der Waals surface area contributed by atoms with Gasteiger partial charge < -0.3 is 10.6 Å². The first-order valence-corrected chi connectivity index (χ1v) is 9.81. The SMILES string of the molecule is CCCCS(=O)(=O)N1CCCC1C(=O)NCC1=CCNCC1. The summed E-state index contributed by atoms with van der Waals surface area (Å²) in [7, 11) is -3.31. The molecule has 1 amide bonds. The van der Waals surface area contributed by atoms with Crippen LogP contribution in [0.1, 0.15) is 39.0 Å². The highest BCUT2D eigenvalue weighted by Gasteiger charge is 2.37. The standard InChI is InChI=1S/C15H27N3O3S/c1-2-3-11-22(20,21)18-10-4-5-14(18)15(19)17-12-13-6-8-16-9-7-13/h6,14,16H,2-5,7-12H2,1H3,(H,17,19). The van der Waals surface area contributed by atoms with Gasteiger partial charge in [-0.05, 0) is 32.2 Å². The molecule has 0 radical (unpaired) electrons. The summed E-state index contributed by atoms with van der Waals surface area (Å²) in [5.74, 6) is -0.0126. The van der Waals surface area contributed by atoms with Crippen LogP contribution >= 0.6 is 0 Å². The van der Waals surface area contributed by atoms with E-state index >= 15 is 0 Å². The van der Waals surface area contributed by atoms with E-state index in [2.05, 4.69) is 16.7 Å². The number of hydrogen-bond acceptors (Lipinski definition) is 4. The molecule has 0 aliphatic carbocycles. The van der Waals surface area contributed by atoms with E-state index in [9.17, 15) is 13.2 Å². The highest BCUT2D eigenvalue weighted by atomic mass is 32.2. The molecule has 2 heterocycles. The highest BCUT2D eigenvalue weighted by molar-refractivity contribution is 7.89. The van der Waals surface area contributed by atoms with Crippen molar-refractivity contribution < 1.29 is 13.2 Å². The fourth-order valence-electron chi connectivity index (χ4n) is 2.93. The van der Waals surface area contributed by atoms with Crippen LogP contribution in [0.2, 0.25) is 0 Å². The second-order valence-electron chi connectivity index (χ2n) is 5.97. The molecular weight excluding hydrogens is 302 g/mol. The summed E-state index contributed by atoms with van der Waals surface area (Å²) in [6.45, 7) is 4.74. The average Bonchev–Trinajstić information content (AvgIpc) is 3.02. The summed E-state index contributed by atoms with van der Waals surface area (Å²) < 4.78 is 26.1. The average molecular weight is 329 g/mol. The van der Waals surface area contributed by atoms with Crippen LogP contribution in [0.4, 0.5) is 0 Å². The van der Waals surface area contributed by atoms with Gasteiger partial charge >= 0.3 is 0 Å². The van der Waals surface area contributed by atoms with Crippen LogP contribution in [0, 0.1) is 0 Å². The minimum atomic E-state index is -3.31. The van der Waals surface area contributed by atoms with Gasteiger partial charge in [-0.3, -0.25) is 4.79 Å². The van der Waals surface area contributed by atoms with Crippen molar-refractivity contribution in [3.05, 3.63) is 11.6 Å². The van der Waals surface area contributed by atoms with E-state index in [-0.39, 0.29) is 11.7 Å². The fraction of sp³-hybridized carbons (Fsp3) is 0.800. The van der Waals surface area contributed by atoms with Gasteiger partial charge in [0.25, 0.3) is 0 Å². The molecule has 0 bridgehead atoms. The number of nitrogens with zero attached hydrogens (tertiary/aromatic N) is 1. The zero-order valence-corrected chi connectivity index (χ0v) is 14.1. The van der Waals surface area contributed by atoms with Crippen molar-refractivity contribution in [1.29, 1.82) is 0 Å². The highest BCUT2D eigenvalue weighted by Crippen LogP contribution is 2.22. The van der Waals surface area contributed by atoms with Gasteiger partial charge in [0.2, 0.25) is 15.9 Å². The number of hydrogen-bond donors (Lipinski definition) is 2. The summed E-state index contributed by atoms with van der Waals surface area (Å²) in [6, 6.07) is -0.524. The number of carbonyl (C=O) groups excluding carboxylic acids is 1. The quantitative estimate of drug-likeness (QED) is 0.671. The van der Waals surface area contributed by atoms with Crippen LogP contribution < -0.4 is 10.6 Å². The van der Waals surface area contributed by atoms with Gasteiger partial charge in [0.15, 0.2) is 0 Å². The molecule has 0 aromatic carbocycles. The Balaban J connectivity index is 1.91. The van der Waals surface area contributed by atoms with Crippen LogP contribution in [0.5, 0.6) is 0 Å². The molecular formula is C15H27N3O3S. The molecule has 2 aliphatic rings.